The predicted octanol–water partition coefficient (Wildman–Crippen LogP) is 2.05. The number of rotatable bonds is 4. The highest BCUT2D eigenvalue weighted by Gasteiger charge is 2.30. The minimum Gasteiger partial charge on any atom is -0.406 e. The molecule has 0 saturated heterocycles. The quantitative estimate of drug-likeness (QED) is 0.891. The number of benzene rings is 1. The zero-order valence-electron chi connectivity index (χ0n) is 10.7. The van der Waals surface area contributed by atoms with Crippen molar-refractivity contribution in [1.29, 1.82) is 0 Å². The number of nitrogens with one attached hydrogen (secondary N) is 2. The van der Waals surface area contributed by atoms with Gasteiger partial charge in [-0.2, -0.15) is 0 Å². The van der Waals surface area contributed by atoms with Gasteiger partial charge in [0.25, 0.3) is 0 Å². The first-order chi connectivity index (χ1) is 9.17. The summed E-state index contributed by atoms with van der Waals surface area (Å²) in [6.07, 6.45) is -4.76. The van der Waals surface area contributed by atoms with Crippen molar-refractivity contribution < 1.29 is 27.5 Å². The van der Waals surface area contributed by atoms with E-state index in [0.717, 1.165) is 12.1 Å². The van der Waals surface area contributed by atoms with Crippen LogP contribution in [0.15, 0.2) is 24.3 Å². The molecule has 0 aliphatic carbocycles. The molecule has 0 fully saturated rings. The van der Waals surface area contributed by atoms with Crippen LogP contribution in [0, 0.1) is 0 Å². The number of hydrogen-bond acceptors (Lipinski definition) is 3. The topological polar surface area (TPSA) is 67.4 Å². The van der Waals surface area contributed by atoms with Gasteiger partial charge in [-0.25, -0.2) is 0 Å². The summed E-state index contributed by atoms with van der Waals surface area (Å²) in [5, 5.41) is 4.83. The second-order valence-corrected chi connectivity index (χ2v) is 3.98. The summed E-state index contributed by atoms with van der Waals surface area (Å²) in [5.41, 5.74) is 0.293. The Labute approximate surface area is 113 Å². The lowest BCUT2D eigenvalue weighted by atomic mass is 10.2. The van der Waals surface area contributed by atoms with E-state index < -0.39 is 18.3 Å². The summed E-state index contributed by atoms with van der Waals surface area (Å²) < 4.78 is 39.5. The minimum atomic E-state index is -4.76. The number of anilines is 1. The van der Waals surface area contributed by atoms with E-state index in [2.05, 4.69) is 15.4 Å². The van der Waals surface area contributed by atoms with E-state index >= 15 is 0 Å². The molecule has 0 aliphatic rings. The Morgan fingerprint density at radius 3 is 2.20 bits per heavy atom. The largest absolute Gasteiger partial charge is 0.573 e. The average Bonchev–Trinajstić information content (AvgIpc) is 2.28. The van der Waals surface area contributed by atoms with Gasteiger partial charge in [0.05, 0.1) is 0 Å². The molecule has 1 aromatic rings. The Morgan fingerprint density at radius 2 is 1.75 bits per heavy atom. The van der Waals surface area contributed by atoms with Gasteiger partial charge in [-0.05, 0) is 31.2 Å². The van der Waals surface area contributed by atoms with Crippen molar-refractivity contribution in [2.24, 2.45) is 0 Å². The summed E-state index contributed by atoms with van der Waals surface area (Å²) in [5.74, 6) is -1.23. The molecular weight excluding hydrogens is 277 g/mol. The molecule has 110 valence electrons. The fraction of sp³-hybridized carbons (Fsp3) is 0.333. The van der Waals surface area contributed by atoms with E-state index in [-0.39, 0.29) is 11.7 Å². The first kappa shape index (κ1) is 15.8. The van der Waals surface area contributed by atoms with E-state index in [9.17, 15) is 22.8 Å². The van der Waals surface area contributed by atoms with Crippen LogP contribution in [0.25, 0.3) is 0 Å². The monoisotopic (exact) mass is 290 g/mol. The Hall–Kier alpha value is -2.25. The van der Waals surface area contributed by atoms with Crippen LogP contribution >= 0.6 is 0 Å². The maximum Gasteiger partial charge on any atom is 0.573 e. The molecule has 1 aromatic carbocycles. The standard InChI is InChI=1S/C12H13F3N2O3/c1-7(16-8(2)18)11(19)17-9-3-5-10(6-4-9)20-12(13,14)15/h3-7H,1-2H3,(H,16,18)(H,17,19). The van der Waals surface area contributed by atoms with Gasteiger partial charge in [-0.3, -0.25) is 9.59 Å². The van der Waals surface area contributed by atoms with Crippen LogP contribution in [-0.2, 0) is 9.59 Å². The Balaban J connectivity index is 2.61. The molecule has 0 bridgehead atoms. The van der Waals surface area contributed by atoms with Crippen LogP contribution in [0.2, 0.25) is 0 Å². The molecule has 0 spiro atoms. The highest BCUT2D eigenvalue weighted by Crippen LogP contribution is 2.23. The van der Waals surface area contributed by atoms with Gasteiger partial charge in [-0.1, -0.05) is 0 Å². The lowest BCUT2D eigenvalue weighted by Gasteiger charge is -2.13. The van der Waals surface area contributed by atoms with Gasteiger partial charge < -0.3 is 15.4 Å². The van der Waals surface area contributed by atoms with Crippen molar-refractivity contribution in [2.75, 3.05) is 5.32 Å². The van der Waals surface area contributed by atoms with Gasteiger partial charge in [0.2, 0.25) is 11.8 Å². The fourth-order valence-electron chi connectivity index (χ4n) is 1.36. The number of alkyl halides is 3. The van der Waals surface area contributed by atoms with Gasteiger partial charge in [0.1, 0.15) is 11.8 Å². The molecule has 0 radical (unpaired) electrons. The van der Waals surface area contributed by atoms with Crippen LogP contribution in [0.1, 0.15) is 13.8 Å². The molecule has 1 unspecified atom stereocenters. The second-order valence-electron chi connectivity index (χ2n) is 3.98. The molecule has 2 N–H and O–H groups in total. The summed E-state index contributed by atoms with van der Waals surface area (Å²) in [6, 6.07) is 3.93. The van der Waals surface area contributed by atoms with E-state index in [1.807, 2.05) is 0 Å². The normalized spacial score (nSPS) is 12.4. The second kappa shape index (κ2) is 6.27. The first-order valence-electron chi connectivity index (χ1n) is 5.61. The summed E-state index contributed by atoms with van der Waals surface area (Å²) >= 11 is 0. The third-order valence-corrected chi connectivity index (χ3v) is 2.17. The maximum absolute atomic E-state index is 11.9. The molecular formula is C12H13F3N2O3. The molecule has 0 aliphatic heterocycles. The lowest BCUT2D eigenvalue weighted by molar-refractivity contribution is -0.274. The van der Waals surface area contributed by atoms with E-state index in [0.29, 0.717) is 5.69 Å². The van der Waals surface area contributed by atoms with E-state index in [4.69, 9.17) is 0 Å². The van der Waals surface area contributed by atoms with E-state index in [1.165, 1.54) is 26.0 Å². The van der Waals surface area contributed by atoms with Crippen LogP contribution in [0.5, 0.6) is 5.75 Å². The first-order valence-corrected chi connectivity index (χ1v) is 5.61. The Kier molecular flexibility index (Phi) is 4.95. The highest BCUT2D eigenvalue weighted by molar-refractivity contribution is 5.96. The Morgan fingerprint density at radius 1 is 1.20 bits per heavy atom. The van der Waals surface area contributed by atoms with Crippen LogP contribution in [0.4, 0.5) is 18.9 Å². The number of ether oxygens (including phenoxy) is 1. The molecule has 0 saturated carbocycles. The maximum atomic E-state index is 11.9. The third kappa shape index (κ3) is 5.59. The van der Waals surface area contributed by atoms with Crippen LogP contribution in [-0.4, -0.2) is 24.2 Å². The van der Waals surface area contributed by atoms with Crippen molar-refractivity contribution in [2.45, 2.75) is 26.3 Å². The van der Waals surface area contributed by atoms with Crippen molar-refractivity contribution in [3.8, 4) is 5.75 Å². The zero-order valence-corrected chi connectivity index (χ0v) is 10.7. The fourth-order valence-corrected chi connectivity index (χ4v) is 1.36. The number of carbonyl (C=O) groups excluding carboxylic acids is 2. The van der Waals surface area contributed by atoms with Gasteiger partial charge >= 0.3 is 6.36 Å². The molecule has 20 heavy (non-hydrogen) atoms. The van der Waals surface area contributed by atoms with Crippen molar-refractivity contribution in [1.82, 2.24) is 5.32 Å². The van der Waals surface area contributed by atoms with E-state index in [1.54, 1.807) is 0 Å². The van der Waals surface area contributed by atoms with Gasteiger partial charge in [0, 0.05) is 12.6 Å². The zero-order chi connectivity index (χ0) is 15.3. The Bertz CT molecular complexity index is 486. The average molecular weight is 290 g/mol. The number of halogens is 3. The van der Waals surface area contributed by atoms with Gasteiger partial charge in [-0.15, -0.1) is 13.2 Å². The van der Waals surface area contributed by atoms with Gasteiger partial charge in [0.15, 0.2) is 0 Å². The molecule has 2 amide bonds. The summed E-state index contributed by atoms with van der Waals surface area (Å²) in [4.78, 5) is 22.4. The SMILES string of the molecule is CC(=O)NC(C)C(=O)Nc1ccc(OC(F)(F)F)cc1. The molecule has 1 atom stereocenters. The molecule has 5 nitrogen and oxygen atoms in total. The molecule has 0 aromatic heterocycles. The predicted molar refractivity (Wildman–Crippen MR) is 65.0 cm³/mol. The summed E-state index contributed by atoms with van der Waals surface area (Å²) in [7, 11) is 0. The molecule has 8 heteroatoms. The smallest absolute Gasteiger partial charge is 0.406 e. The summed E-state index contributed by atoms with van der Waals surface area (Å²) in [6.45, 7) is 2.75. The third-order valence-electron chi connectivity index (χ3n) is 2.17. The van der Waals surface area contributed by atoms with Crippen molar-refractivity contribution >= 4 is 17.5 Å². The number of hydrogen-bond donors (Lipinski definition) is 2. The van der Waals surface area contributed by atoms with Crippen LogP contribution in [0.3, 0.4) is 0 Å². The molecule has 0 heterocycles. The van der Waals surface area contributed by atoms with Crippen molar-refractivity contribution in [3.05, 3.63) is 24.3 Å². The lowest BCUT2D eigenvalue weighted by Crippen LogP contribution is -2.40. The van der Waals surface area contributed by atoms with Crippen molar-refractivity contribution in [3.63, 3.8) is 0 Å². The number of carbonyl (C=O) groups is 2. The molecule has 1 rings (SSSR count). The number of amides is 2. The minimum absolute atomic E-state index is 0.293. The highest BCUT2D eigenvalue weighted by atomic mass is 19.4. The van der Waals surface area contributed by atoms with Crippen LogP contribution < -0.4 is 15.4 Å².